The van der Waals surface area contributed by atoms with Crippen LogP contribution in [-0.2, 0) is 18.4 Å². The zero-order valence-electron chi connectivity index (χ0n) is 13.3. The van der Waals surface area contributed by atoms with Crippen molar-refractivity contribution in [1.82, 2.24) is 15.5 Å². The van der Waals surface area contributed by atoms with Crippen molar-refractivity contribution in [2.24, 2.45) is 0 Å². The second-order valence-electron chi connectivity index (χ2n) is 6.74. The first-order chi connectivity index (χ1) is 10.4. The lowest BCUT2D eigenvalue weighted by molar-refractivity contribution is 0.102. The molecule has 0 atom stereocenters. The van der Waals surface area contributed by atoms with Gasteiger partial charge in [-0.15, -0.1) is 0 Å². The maximum atomic E-state index is 12.4. The Morgan fingerprint density at radius 3 is 2.64 bits per heavy atom. The molecule has 116 valence electrons. The van der Waals surface area contributed by atoms with Gasteiger partial charge in [0.05, 0.1) is 5.69 Å². The largest absolute Gasteiger partial charge is 0.311 e. The predicted octanol–water partition coefficient (Wildman–Crippen LogP) is 2.61. The Balaban J connectivity index is 1.76. The molecule has 0 spiro atoms. The summed E-state index contributed by atoms with van der Waals surface area (Å²) in [6.07, 6.45) is 0.879. The van der Waals surface area contributed by atoms with Crippen molar-refractivity contribution in [3.63, 3.8) is 0 Å². The second kappa shape index (κ2) is 5.57. The van der Waals surface area contributed by atoms with E-state index in [-0.39, 0.29) is 11.3 Å². The van der Waals surface area contributed by atoms with Gasteiger partial charge in [0.2, 0.25) is 0 Å². The summed E-state index contributed by atoms with van der Waals surface area (Å²) in [6, 6.07) is 7.77. The molecule has 0 fully saturated rings. The fraction of sp³-hybridized carbons (Fsp3) is 0.412. The maximum absolute atomic E-state index is 12.4. The monoisotopic (exact) mass is 298 g/mol. The van der Waals surface area contributed by atoms with Crippen LogP contribution in [0.15, 0.2) is 24.3 Å². The van der Waals surface area contributed by atoms with E-state index >= 15 is 0 Å². The van der Waals surface area contributed by atoms with E-state index in [9.17, 15) is 4.79 Å². The Hall–Kier alpha value is -2.14. The van der Waals surface area contributed by atoms with E-state index in [2.05, 4.69) is 41.6 Å². The predicted molar refractivity (Wildman–Crippen MR) is 87.1 cm³/mol. The van der Waals surface area contributed by atoms with Gasteiger partial charge >= 0.3 is 0 Å². The lowest BCUT2D eigenvalue weighted by atomic mass is 9.87. The first kappa shape index (κ1) is 14.8. The zero-order chi connectivity index (χ0) is 15.7. The van der Waals surface area contributed by atoms with Crippen LogP contribution in [0, 0.1) is 0 Å². The molecule has 2 aromatic rings. The lowest BCUT2D eigenvalue weighted by Gasteiger charge is -2.19. The molecule has 2 heterocycles. The van der Waals surface area contributed by atoms with Crippen molar-refractivity contribution < 1.29 is 4.79 Å². The molecule has 1 amide bonds. The highest BCUT2D eigenvalue weighted by atomic mass is 16.1. The van der Waals surface area contributed by atoms with Crippen LogP contribution >= 0.6 is 0 Å². The quantitative estimate of drug-likeness (QED) is 0.798. The molecule has 0 radical (unpaired) electrons. The molecule has 0 bridgehead atoms. The minimum atomic E-state index is -0.117. The van der Waals surface area contributed by atoms with Gasteiger partial charge in [-0.05, 0) is 36.1 Å². The number of benzene rings is 1. The van der Waals surface area contributed by atoms with Crippen LogP contribution in [0.25, 0.3) is 0 Å². The molecule has 1 aromatic carbocycles. The van der Waals surface area contributed by atoms with Crippen LogP contribution < -0.4 is 10.6 Å². The highest BCUT2D eigenvalue weighted by molar-refractivity contribution is 6.04. The zero-order valence-corrected chi connectivity index (χ0v) is 13.3. The van der Waals surface area contributed by atoms with Crippen LogP contribution in [0.4, 0.5) is 5.82 Å². The number of carbonyl (C=O) groups excluding carboxylic acids is 1. The third-order valence-electron chi connectivity index (χ3n) is 4.05. The number of anilines is 1. The van der Waals surface area contributed by atoms with Crippen molar-refractivity contribution in [3.05, 3.63) is 46.6 Å². The van der Waals surface area contributed by atoms with E-state index < -0.39 is 0 Å². The van der Waals surface area contributed by atoms with E-state index in [1.54, 1.807) is 0 Å². The number of carbonyl (C=O) groups is 1. The SMILES string of the molecule is CC(C)(C)c1ccc(C(=O)Nc2n[nH]c3c2CCNC3)cc1. The van der Waals surface area contributed by atoms with Crippen molar-refractivity contribution >= 4 is 11.7 Å². The number of rotatable bonds is 2. The van der Waals surface area contributed by atoms with Crippen molar-refractivity contribution in [2.45, 2.75) is 39.2 Å². The van der Waals surface area contributed by atoms with Crippen LogP contribution in [-0.4, -0.2) is 22.6 Å². The van der Waals surface area contributed by atoms with Gasteiger partial charge in [-0.25, -0.2) is 0 Å². The van der Waals surface area contributed by atoms with E-state index in [1.165, 1.54) is 5.56 Å². The minimum absolute atomic E-state index is 0.0866. The Morgan fingerprint density at radius 2 is 1.95 bits per heavy atom. The first-order valence-electron chi connectivity index (χ1n) is 7.64. The number of hydrogen-bond donors (Lipinski definition) is 3. The number of aromatic nitrogens is 2. The smallest absolute Gasteiger partial charge is 0.256 e. The molecular formula is C17H22N4O. The maximum Gasteiger partial charge on any atom is 0.256 e. The highest BCUT2D eigenvalue weighted by Crippen LogP contribution is 2.23. The number of fused-ring (bicyclic) bond motifs is 1. The van der Waals surface area contributed by atoms with E-state index in [4.69, 9.17) is 0 Å². The van der Waals surface area contributed by atoms with Gasteiger partial charge in [0, 0.05) is 17.7 Å². The van der Waals surface area contributed by atoms with Crippen LogP contribution in [0.1, 0.15) is 48.0 Å². The molecule has 0 saturated carbocycles. The van der Waals surface area contributed by atoms with Gasteiger partial charge in [0.15, 0.2) is 5.82 Å². The number of H-pyrrole nitrogens is 1. The molecule has 1 aromatic heterocycles. The summed E-state index contributed by atoms with van der Waals surface area (Å²) in [6.45, 7) is 8.17. The van der Waals surface area contributed by atoms with E-state index in [0.717, 1.165) is 30.8 Å². The molecule has 0 aliphatic carbocycles. The molecule has 3 rings (SSSR count). The third-order valence-corrected chi connectivity index (χ3v) is 4.05. The van der Waals surface area contributed by atoms with Crippen molar-refractivity contribution in [3.8, 4) is 0 Å². The average Bonchev–Trinajstić information content (AvgIpc) is 2.90. The summed E-state index contributed by atoms with van der Waals surface area (Å²) in [5, 5.41) is 13.4. The van der Waals surface area contributed by atoms with Gasteiger partial charge in [-0.1, -0.05) is 32.9 Å². The molecule has 1 aliphatic rings. The third kappa shape index (κ3) is 2.90. The Bertz CT molecular complexity index is 680. The van der Waals surface area contributed by atoms with Gasteiger partial charge in [-0.3, -0.25) is 9.89 Å². The van der Waals surface area contributed by atoms with E-state index in [0.29, 0.717) is 11.4 Å². The van der Waals surface area contributed by atoms with Gasteiger partial charge in [-0.2, -0.15) is 5.10 Å². The number of nitrogens with one attached hydrogen (secondary N) is 3. The number of aromatic amines is 1. The second-order valence-corrected chi connectivity index (χ2v) is 6.74. The van der Waals surface area contributed by atoms with E-state index in [1.807, 2.05) is 24.3 Å². The molecule has 0 saturated heterocycles. The molecule has 1 aliphatic heterocycles. The van der Waals surface area contributed by atoms with Crippen LogP contribution in [0.3, 0.4) is 0 Å². The van der Waals surface area contributed by atoms with Gasteiger partial charge in [0.1, 0.15) is 0 Å². The summed E-state index contributed by atoms with van der Waals surface area (Å²) in [5.74, 6) is 0.537. The van der Waals surface area contributed by atoms with Gasteiger partial charge < -0.3 is 10.6 Å². The summed E-state index contributed by atoms with van der Waals surface area (Å²) in [5.41, 5.74) is 4.12. The molecule has 3 N–H and O–H groups in total. The topological polar surface area (TPSA) is 69.8 Å². The molecule has 5 heteroatoms. The number of nitrogens with zero attached hydrogens (tertiary/aromatic N) is 1. The molecular weight excluding hydrogens is 276 g/mol. The Labute approximate surface area is 130 Å². The fourth-order valence-corrected chi connectivity index (χ4v) is 2.65. The molecule has 5 nitrogen and oxygen atoms in total. The molecule has 0 unspecified atom stereocenters. The summed E-state index contributed by atoms with van der Waals surface area (Å²) in [7, 11) is 0. The minimum Gasteiger partial charge on any atom is -0.311 e. The van der Waals surface area contributed by atoms with Crippen LogP contribution in [0.2, 0.25) is 0 Å². The average molecular weight is 298 g/mol. The number of hydrogen-bond acceptors (Lipinski definition) is 3. The van der Waals surface area contributed by atoms with Crippen molar-refractivity contribution in [2.75, 3.05) is 11.9 Å². The summed E-state index contributed by atoms with van der Waals surface area (Å²) in [4.78, 5) is 12.4. The fourth-order valence-electron chi connectivity index (χ4n) is 2.65. The first-order valence-corrected chi connectivity index (χ1v) is 7.64. The summed E-state index contributed by atoms with van der Waals surface area (Å²) < 4.78 is 0. The Morgan fingerprint density at radius 1 is 1.23 bits per heavy atom. The standard InChI is InChI=1S/C17H22N4O/c1-17(2,3)12-6-4-11(5-7-12)16(22)19-15-13-8-9-18-10-14(13)20-21-15/h4-7,18H,8-10H2,1-3H3,(H2,19,20,21,22). The summed E-state index contributed by atoms with van der Waals surface area (Å²) >= 11 is 0. The Kier molecular flexibility index (Phi) is 3.74. The van der Waals surface area contributed by atoms with Crippen LogP contribution in [0.5, 0.6) is 0 Å². The van der Waals surface area contributed by atoms with Gasteiger partial charge in [0.25, 0.3) is 5.91 Å². The number of amides is 1. The normalized spacial score (nSPS) is 14.5. The lowest BCUT2D eigenvalue weighted by Crippen LogP contribution is -2.24. The van der Waals surface area contributed by atoms with Crippen molar-refractivity contribution in [1.29, 1.82) is 0 Å². The molecule has 22 heavy (non-hydrogen) atoms. The highest BCUT2D eigenvalue weighted by Gasteiger charge is 2.19.